The number of rotatable bonds is 7. The molecule has 0 atom stereocenters. The van der Waals surface area contributed by atoms with Crippen molar-refractivity contribution in [1.82, 2.24) is 5.32 Å². The van der Waals surface area contributed by atoms with Crippen molar-refractivity contribution in [3.63, 3.8) is 0 Å². The molecule has 0 saturated heterocycles. The third kappa shape index (κ3) is 5.76. The second-order valence-corrected chi connectivity index (χ2v) is 6.07. The van der Waals surface area contributed by atoms with Crippen LogP contribution in [0.3, 0.4) is 0 Å². The van der Waals surface area contributed by atoms with Crippen molar-refractivity contribution in [1.29, 1.82) is 5.26 Å². The second-order valence-electron chi connectivity index (χ2n) is 5.66. The zero-order chi connectivity index (χ0) is 20.5. The molecule has 0 radical (unpaired) electrons. The second kappa shape index (κ2) is 10.00. The number of anilines is 2. The van der Waals surface area contributed by atoms with E-state index in [1.807, 2.05) is 6.07 Å². The van der Waals surface area contributed by atoms with Gasteiger partial charge in [-0.25, -0.2) is 4.79 Å². The lowest BCUT2D eigenvalue weighted by atomic mass is 10.1. The van der Waals surface area contributed by atoms with Crippen LogP contribution in [-0.4, -0.2) is 18.5 Å². The molecule has 0 bridgehead atoms. The number of nitrogens with zero attached hydrogens (tertiary/aromatic N) is 1. The van der Waals surface area contributed by atoms with Gasteiger partial charge < -0.3 is 21.1 Å². The maximum atomic E-state index is 12.2. The molecule has 1 amide bonds. The number of nitrogens with one attached hydrogen (secondary N) is 2. The molecule has 7 nitrogen and oxygen atoms in total. The molecule has 2 aromatic carbocycles. The summed E-state index contributed by atoms with van der Waals surface area (Å²) in [5.41, 5.74) is 7.67. The van der Waals surface area contributed by atoms with E-state index >= 15 is 0 Å². The fourth-order valence-corrected chi connectivity index (χ4v) is 2.38. The van der Waals surface area contributed by atoms with Gasteiger partial charge in [0.1, 0.15) is 11.6 Å². The predicted molar refractivity (Wildman–Crippen MR) is 107 cm³/mol. The third-order valence-corrected chi connectivity index (χ3v) is 3.97. The van der Waals surface area contributed by atoms with Crippen molar-refractivity contribution in [3.8, 4) is 6.07 Å². The Morgan fingerprint density at radius 3 is 2.57 bits per heavy atom. The first-order chi connectivity index (χ1) is 13.4. The number of benzene rings is 2. The van der Waals surface area contributed by atoms with Gasteiger partial charge in [0.2, 0.25) is 0 Å². The monoisotopic (exact) mass is 398 g/mol. The van der Waals surface area contributed by atoms with Gasteiger partial charge in [0.05, 0.1) is 22.9 Å². The number of halogens is 1. The number of carbonyl (C=O) groups excluding carboxylic acids is 2. The SMILES string of the molecule is CCOC(=O)c1ccc(CN/C=C(/C#N)C(=O)Nc2ccc(N)c(Cl)c2)cc1. The Labute approximate surface area is 167 Å². The molecule has 0 aliphatic heterocycles. The molecule has 0 saturated carbocycles. The lowest BCUT2D eigenvalue weighted by Crippen LogP contribution is -2.16. The standard InChI is InChI=1S/C20H19ClN4O3/c1-2-28-20(27)14-5-3-13(4-6-14)11-24-12-15(10-22)19(26)25-16-7-8-18(23)17(21)9-16/h3-9,12,24H,2,11,23H2,1H3,(H,25,26)/b15-12-. The van der Waals surface area contributed by atoms with E-state index in [0.717, 1.165) is 5.56 Å². The van der Waals surface area contributed by atoms with Crippen molar-refractivity contribution in [2.75, 3.05) is 17.7 Å². The number of ether oxygens (including phenoxy) is 1. The molecule has 0 aliphatic carbocycles. The van der Waals surface area contributed by atoms with E-state index < -0.39 is 5.91 Å². The Kier molecular flexibility index (Phi) is 7.43. The van der Waals surface area contributed by atoms with Gasteiger partial charge in [-0.05, 0) is 42.8 Å². The lowest BCUT2D eigenvalue weighted by Gasteiger charge is -2.07. The molecule has 0 spiro atoms. The number of amides is 1. The summed E-state index contributed by atoms with van der Waals surface area (Å²) in [6.07, 6.45) is 1.33. The maximum Gasteiger partial charge on any atom is 0.338 e. The maximum absolute atomic E-state index is 12.2. The van der Waals surface area contributed by atoms with E-state index in [1.54, 1.807) is 43.3 Å². The van der Waals surface area contributed by atoms with Crippen LogP contribution < -0.4 is 16.4 Å². The molecule has 0 fully saturated rings. The quantitative estimate of drug-likeness (QED) is 0.285. The van der Waals surface area contributed by atoms with Crippen LogP contribution in [-0.2, 0) is 16.1 Å². The summed E-state index contributed by atoms with van der Waals surface area (Å²) in [6.45, 7) is 2.43. The highest BCUT2D eigenvalue weighted by atomic mass is 35.5. The van der Waals surface area contributed by atoms with Gasteiger partial charge in [-0.2, -0.15) is 5.26 Å². The van der Waals surface area contributed by atoms with Crippen LogP contribution >= 0.6 is 11.6 Å². The summed E-state index contributed by atoms with van der Waals surface area (Å²) in [7, 11) is 0. The smallest absolute Gasteiger partial charge is 0.338 e. The first-order valence-corrected chi connectivity index (χ1v) is 8.78. The summed E-state index contributed by atoms with van der Waals surface area (Å²) in [4.78, 5) is 23.8. The van der Waals surface area contributed by atoms with E-state index in [4.69, 9.17) is 22.1 Å². The van der Waals surface area contributed by atoms with Crippen LogP contribution in [0.2, 0.25) is 5.02 Å². The van der Waals surface area contributed by atoms with Crippen molar-refractivity contribution in [3.05, 3.63) is 70.4 Å². The molecular formula is C20H19ClN4O3. The highest BCUT2D eigenvalue weighted by Crippen LogP contribution is 2.22. The van der Waals surface area contributed by atoms with Crippen LogP contribution in [0.15, 0.2) is 54.2 Å². The normalized spacial score (nSPS) is 10.7. The van der Waals surface area contributed by atoms with Gasteiger partial charge in [0.15, 0.2) is 0 Å². The number of nitrogen functional groups attached to an aromatic ring is 1. The van der Waals surface area contributed by atoms with Crippen molar-refractivity contribution < 1.29 is 14.3 Å². The summed E-state index contributed by atoms with van der Waals surface area (Å²) < 4.78 is 4.92. The Morgan fingerprint density at radius 1 is 1.25 bits per heavy atom. The van der Waals surface area contributed by atoms with E-state index in [2.05, 4.69) is 10.6 Å². The Hall–Kier alpha value is -3.50. The van der Waals surface area contributed by atoms with E-state index in [-0.39, 0.29) is 11.5 Å². The van der Waals surface area contributed by atoms with E-state index in [1.165, 1.54) is 12.3 Å². The Balaban J connectivity index is 1.95. The first-order valence-electron chi connectivity index (χ1n) is 8.40. The van der Waals surface area contributed by atoms with Crippen molar-refractivity contribution in [2.45, 2.75) is 13.5 Å². The summed E-state index contributed by atoms with van der Waals surface area (Å²) in [5, 5.41) is 15.0. The average molecular weight is 399 g/mol. The minimum atomic E-state index is -0.575. The van der Waals surface area contributed by atoms with Crippen LogP contribution in [0, 0.1) is 11.3 Å². The lowest BCUT2D eigenvalue weighted by molar-refractivity contribution is -0.112. The van der Waals surface area contributed by atoms with Gasteiger partial charge in [-0.1, -0.05) is 23.7 Å². The van der Waals surface area contributed by atoms with E-state index in [9.17, 15) is 14.9 Å². The summed E-state index contributed by atoms with van der Waals surface area (Å²) in [6, 6.07) is 13.3. The number of hydrogen-bond acceptors (Lipinski definition) is 6. The molecule has 0 aliphatic rings. The topological polar surface area (TPSA) is 117 Å². The van der Waals surface area contributed by atoms with Gasteiger partial charge in [-0.15, -0.1) is 0 Å². The number of esters is 1. The molecule has 8 heteroatoms. The molecular weight excluding hydrogens is 380 g/mol. The highest BCUT2D eigenvalue weighted by Gasteiger charge is 2.10. The van der Waals surface area contributed by atoms with Crippen LogP contribution in [0.5, 0.6) is 0 Å². The van der Waals surface area contributed by atoms with Gasteiger partial charge in [-0.3, -0.25) is 4.79 Å². The zero-order valence-corrected chi connectivity index (χ0v) is 15.9. The van der Waals surface area contributed by atoms with Crippen LogP contribution in [0.1, 0.15) is 22.8 Å². The fraction of sp³-hybridized carbons (Fsp3) is 0.150. The molecule has 2 aromatic rings. The molecule has 28 heavy (non-hydrogen) atoms. The molecule has 0 unspecified atom stereocenters. The van der Waals surface area contributed by atoms with Crippen molar-refractivity contribution >= 4 is 34.9 Å². The molecule has 144 valence electrons. The highest BCUT2D eigenvalue weighted by molar-refractivity contribution is 6.33. The van der Waals surface area contributed by atoms with Crippen LogP contribution in [0.4, 0.5) is 11.4 Å². The van der Waals surface area contributed by atoms with Gasteiger partial charge in [0.25, 0.3) is 5.91 Å². The van der Waals surface area contributed by atoms with Gasteiger partial charge in [0, 0.05) is 18.4 Å². The first kappa shape index (κ1) is 20.8. The largest absolute Gasteiger partial charge is 0.462 e. The zero-order valence-electron chi connectivity index (χ0n) is 15.2. The number of nitriles is 1. The average Bonchev–Trinajstić information content (AvgIpc) is 2.68. The number of hydrogen-bond donors (Lipinski definition) is 3. The molecule has 2 rings (SSSR count). The number of nitrogens with two attached hydrogens (primary N) is 1. The fourth-order valence-electron chi connectivity index (χ4n) is 2.20. The Bertz CT molecular complexity index is 933. The van der Waals surface area contributed by atoms with Crippen LogP contribution in [0.25, 0.3) is 0 Å². The van der Waals surface area contributed by atoms with Gasteiger partial charge >= 0.3 is 5.97 Å². The summed E-state index contributed by atoms with van der Waals surface area (Å²) >= 11 is 5.91. The number of carbonyl (C=O) groups is 2. The molecule has 0 aromatic heterocycles. The molecule has 0 heterocycles. The Morgan fingerprint density at radius 2 is 1.96 bits per heavy atom. The minimum Gasteiger partial charge on any atom is -0.462 e. The summed E-state index contributed by atoms with van der Waals surface area (Å²) in [5.74, 6) is -0.957. The van der Waals surface area contributed by atoms with E-state index in [0.29, 0.717) is 35.1 Å². The minimum absolute atomic E-state index is 0.101. The molecule has 4 N–H and O–H groups in total. The predicted octanol–water partition coefficient (Wildman–Crippen LogP) is 3.23. The van der Waals surface area contributed by atoms with Crippen molar-refractivity contribution in [2.24, 2.45) is 0 Å². The third-order valence-electron chi connectivity index (χ3n) is 3.64.